The van der Waals surface area contributed by atoms with E-state index in [0.717, 1.165) is 42.2 Å². The molecule has 2 aromatic rings. The maximum Gasteiger partial charge on any atom is 0.122 e. The molecule has 0 radical (unpaired) electrons. The molecule has 2 N–H and O–H groups in total. The molecular formula is C17H19NOS. The second-order valence-corrected chi connectivity index (χ2v) is 6.26. The van der Waals surface area contributed by atoms with Gasteiger partial charge in [-0.3, -0.25) is 0 Å². The van der Waals surface area contributed by atoms with E-state index >= 15 is 0 Å². The molecule has 104 valence electrons. The van der Waals surface area contributed by atoms with Crippen LogP contribution >= 0.6 is 11.8 Å². The van der Waals surface area contributed by atoms with E-state index in [9.17, 15) is 0 Å². The Morgan fingerprint density at radius 3 is 3.05 bits per heavy atom. The number of thioether (sulfide) groups is 1. The van der Waals surface area contributed by atoms with Crippen molar-refractivity contribution in [2.45, 2.75) is 24.7 Å². The number of rotatable bonds is 4. The van der Waals surface area contributed by atoms with Gasteiger partial charge in [-0.25, -0.2) is 0 Å². The summed E-state index contributed by atoms with van der Waals surface area (Å²) in [4.78, 5) is 1.19. The third kappa shape index (κ3) is 2.78. The average Bonchev–Trinajstić information content (AvgIpc) is 2.91. The topological polar surface area (TPSA) is 35.2 Å². The molecule has 0 bridgehead atoms. The van der Waals surface area contributed by atoms with Gasteiger partial charge in [-0.2, -0.15) is 0 Å². The predicted molar refractivity (Wildman–Crippen MR) is 85.7 cm³/mol. The van der Waals surface area contributed by atoms with Crippen LogP contribution in [0.1, 0.15) is 16.7 Å². The van der Waals surface area contributed by atoms with Gasteiger partial charge in [0.1, 0.15) is 5.75 Å². The molecule has 2 aromatic carbocycles. The summed E-state index contributed by atoms with van der Waals surface area (Å²) in [5.41, 5.74) is 10.9. The number of hydrogen-bond donors (Lipinski definition) is 1. The summed E-state index contributed by atoms with van der Waals surface area (Å²) >= 11 is 1.83. The molecule has 0 spiro atoms. The number of hydrogen-bond acceptors (Lipinski definition) is 3. The normalized spacial score (nSPS) is 13.1. The van der Waals surface area contributed by atoms with Gasteiger partial charge < -0.3 is 10.5 Å². The monoisotopic (exact) mass is 285 g/mol. The van der Waals surface area contributed by atoms with Crippen LogP contribution < -0.4 is 10.5 Å². The Hall–Kier alpha value is -1.61. The lowest BCUT2D eigenvalue weighted by molar-refractivity contribution is 0.357. The van der Waals surface area contributed by atoms with Gasteiger partial charge in [0.2, 0.25) is 0 Å². The first-order valence-corrected chi connectivity index (χ1v) is 7.95. The number of anilines is 1. The van der Waals surface area contributed by atoms with Crippen molar-refractivity contribution in [1.29, 1.82) is 0 Å². The fourth-order valence-corrected chi connectivity index (χ4v) is 3.50. The smallest absolute Gasteiger partial charge is 0.122 e. The maximum absolute atomic E-state index is 6.10. The molecule has 0 aromatic heterocycles. The molecule has 3 rings (SSSR count). The minimum atomic E-state index is 0.827. The third-order valence-corrected chi connectivity index (χ3v) is 4.76. The fraction of sp³-hybridized carbons (Fsp3) is 0.294. The largest absolute Gasteiger partial charge is 0.493 e. The van der Waals surface area contributed by atoms with E-state index in [2.05, 4.69) is 43.3 Å². The second kappa shape index (κ2) is 5.80. The summed E-state index contributed by atoms with van der Waals surface area (Å²) < 4.78 is 5.53. The summed E-state index contributed by atoms with van der Waals surface area (Å²) in [6.45, 7) is 2.88. The average molecular weight is 285 g/mol. The van der Waals surface area contributed by atoms with Crippen molar-refractivity contribution in [3.63, 3.8) is 0 Å². The van der Waals surface area contributed by atoms with Crippen LogP contribution in [0.2, 0.25) is 0 Å². The summed E-state index contributed by atoms with van der Waals surface area (Å²) in [7, 11) is 0. The highest BCUT2D eigenvalue weighted by Crippen LogP contribution is 2.29. The van der Waals surface area contributed by atoms with Gasteiger partial charge in [-0.1, -0.05) is 24.3 Å². The van der Waals surface area contributed by atoms with Gasteiger partial charge in [0, 0.05) is 22.8 Å². The SMILES string of the molecule is Cc1cccc(SCCc2ccc3c(c2)CCO3)c1N. The zero-order valence-corrected chi connectivity index (χ0v) is 12.5. The Labute approximate surface area is 124 Å². The van der Waals surface area contributed by atoms with Crippen LogP contribution in [-0.4, -0.2) is 12.4 Å². The molecule has 20 heavy (non-hydrogen) atoms. The van der Waals surface area contributed by atoms with E-state index in [1.807, 2.05) is 11.8 Å². The Morgan fingerprint density at radius 1 is 1.25 bits per heavy atom. The summed E-state index contributed by atoms with van der Waals surface area (Å²) in [5, 5.41) is 0. The third-order valence-electron chi connectivity index (χ3n) is 3.69. The van der Waals surface area contributed by atoms with Crippen molar-refractivity contribution in [2.75, 3.05) is 18.1 Å². The Balaban J connectivity index is 1.61. The van der Waals surface area contributed by atoms with Crippen molar-refractivity contribution < 1.29 is 4.74 Å². The number of aryl methyl sites for hydroxylation is 2. The number of nitrogen functional groups attached to an aromatic ring is 1. The summed E-state index contributed by atoms with van der Waals surface area (Å²) in [5.74, 6) is 2.11. The quantitative estimate of drug-likeness (QED) is 0.684. The van der Waals surface area contributed by atoms with Crippen LogP contribution in [0.4, 0.5) is 5.69 Å². The lowest BCUT2D eigenvalue weighted by atomic mass is 10.1. The lowest BCUT2D eigenvalue weighted by Crippen LogP contribution is -1.94. The molecule has 1 aliphatic rings. The number of para-hydroxylation sites is 1. The van der Waals surface area contributed by atoms with Crippen molar-refractivity contribution in [3.05, 3.63) is 53.1 Å². The van der Waals surface area contributed by atoms with Crippen molar-refractivity contribution in [1.82, 2.24) is 0 Å². The van der Waals surface area contributed by atoms with Crippen molar-refractivity contribution >= 4 is 17.4 Å². The zero-order valence-electron chi connectivity index (χ0n) is 11.7. The van der Waals surface area contributed by atoms with Gasteiger partial charge in [-0.15, -0.1) is 11.8 Å². The molecule has 2 nitrogen and oxygen atoms in total. The molecule has 0 aliphatic carbocycles. The minimum absolute atomic E-state index is 0.827. The van der Waals surface area contributed by atoms with Gasteiger partial charge in [0.25, 0.3) is 0 Å². The van der Waals surface area contributed by atoms with Gasteiger partial charge in [0.15, 0.2) is 0 Å². The van der Waals surface area contributed by atoms with E-state index in [0.29, 0.717) is 0 Å². The Bertz CT molecular complexity index is 624. The van der Waals surface area contributed by atoms with E-state index in [-0.39, 0.29) is 0 Å². The molecule has 0 atom stereocenters. The Morgan fingerprint density at radius 2 is 2.15 bits per heavy atom. The molecule has 0 saturated heterocycles. The Kier molecular flexibility index (Phi) is 3.88. The minimum Gasteiger partial charge on any atom is -0.493 e. The van der Waals surface area contributed by atoms with Gasteiger partial charge in [-0.05, 0) is 42.2 Å². The molecule has 1 aliphatic heterocycles. The van der Waals surface area contributed by atoms with E-state index in [1.165, 1.54) is 16.0 Å². The number of nitrogens with two attached hydrogens (primary N) is 1. The highest BCUT2D eigenvalue weighted by Gasteiger charge is 2.11. The van der Waals surface area contributed by atoms with E-state index in [4.69, 9.17) is 10.5 Å². The van der Waals surface area contributed by atoms with E-state index in [1.54, 1.807) is 0 Å². The number of benzene rings is 2. The van der Waals surface area contributed by atoms with Crippen LogP contribution in [0, 0.1) is 6.92 Å². The van der Waals surface area contributed by atoms with Crippen LogP contribution in [-0.2, 0) is 12.8 Å². The first-order valence-electron chi connectivity index (χ1n) is 6.96. The maximum atomic E-state index is 6.10. The molecule has 0 unspecified atom stereocenters. The standard InChI is InChI=1S/C17H19NOS/c1-12-3-2-4-16(17(12)18)20-10-8-13-5-6-15-14(11-13)7-9-19-15/h2-6,11H,7-10,18H2,1H3. The summed E-state index contributed by atoms with van der Waals surface area (Å²) in [6, 6.07) is 12.8. The molecule has 0 fully saturated rings. The highest BCUT2D eigenvalue weighted by atomic mass is 32.2. The molecule has 3 heteroatoms. The van der Waals surface area contributed by atoms with Crippen LogP contribution in [0.3, 0.4) is 0 Å². The van der Waals surface area contributed by atoms with Gasteiger partial charge in [0.05, 0.1) is 6.61 Å². The lowest BCUT2D eigenvalue weighted by Gasteiger charge is -2.08. The van der Waals surface area contributed by atoms with E-state index < -0.39 is 0 Å². The van der Waals surface area contributed by atoms with Crippen LogP contribution in [0.25, 0.3) is 0 Å². The van der Waals surface area contributed by atoms with Crippen LogP contribution in [0.5, 0.6) is 5.75 Å². The molecular weight excluding hydrogens is 266 g/mol. The molecule has 0 saturated carbocycles. The molecule has 0 amide bonds. The molecule has 1 heterocycles. The fourth-order valence-electron chi connectivity index (χ4n) is 2.45. The second-order valence-electron chi connectivity index (χ2n) is 5.13. The van der Waals surface area contributed by atoms with Gasteiger partial charge >= 0.3 is 0 Å². The predicted octanol–water partition coefficient (Wildman–Crippen LogP) is 3.85. The highest BCUT2D eigenvalue weighted by molar-refractivity contribution is 7.99. The zero-order chi connectivity index (χ0) is 13.9. The van der Waals surface area contributed by atoms with Crippen molar-refractivity contribution in [2.24, 2.45) is 0 Å². The first-order chi connectivity index (χ1) is 9.74. The first kappa shape index (κ1) is 13.4. The van der Waals surface area contributed by atoms with Crippen LogP contribution in [0.15, 0.2) is 41.3 Å². The van der Waals surface area contributed by atoms with Crippen molar-refractivity contribution in [3.8, 4) is 5.75 Å². The number of fused-ring (bicyclic) bond motifs is 1. The summed E-state index contributed by atoms with van der Waals surface area (Å²) in [6.07, 6.45) is 2.10. The number of ether oxygens (including phenoxy) is 1.